The van der Waals surface area contributed by atoms with Gasteiger partial charge in [-0.15, -0.1) is 0 Å². The molecular weight excluding hydrogens is 251 g/mol. The molecule has 1 saturated heterocycles. The Morgan fingerprint density at radius 1 is 1.44 bits per heavy atom. The molecule has 0 atom stereocenters. The minimum atomic E-state index is -0.650. The number of benzene rings is 1. The van der Waals surface area contributed by atoms with E-state index >= 15 is 0 Å². The first-order valence-corrected chi connectivity index (χ1v) is 7.44. The van der Waals surface area contributed by atoms with E-state index in [0.717, 1.165) is 29.9 Å². The molecule has 0 radical (unpaired) electrons. The van der Waals surface area contributed by atoms with E-state index in [9.17, 15) is 8.60 Å². The first-order valence-electron chi connectivity index (χ1n) is 5.96. The molecular formula is C13H15FN2OS. The van der Waals surface area contributed by atoms with Crippen LogP contribution in [0.25, 0.3) is 0 Å². The van der Waals surface area contributed by atoms with E-state index in [4.69, 9.17) is 5.26 Å². The summed E-state index contributed by atoms with van der Waals surface area (Å²) in [6, 6.07) is 6.79. The maximum Gasteiger partial charge on any atom is 0.140 e. The molecule has 1 fully saturated rings. The van der Waals surface area contributed by atoms with Crippen molar-refractivity contribution >= 4 is 10.8 Å². The lowest BCUT2D eigenvalue weighted by Gasteiger charge is -2.22. The molecule has 0 saturated carbocycles. The van der Waals surface area contributed by atoms with Crippen LogP contribution in [0.2, 0.25) is 0 Å². The molecule has 5 heteroatoms. The molecule has 1 aliphatic heterocycles. The highest BCUT2D eigenvalue weighted by Crippen LogP contribution is 2.12. The molecule has 0 unspecified atom stereocenters. The summed E-state index contributed by atoms with van der Waals surface area (Å²) in [5, 5.41) is 12.1. The summed E-state index contributed by atoms with van der Waals surface area (Å²) in [6.07, 6.45) is 1.83. The summed E-state index contributed by atoms with van der Waals surface area (Å²) in [6.45, 7) is 0.617. The van der Waals surface area contributed by atoms with Crippen molar-refractivity contribution in [3.8, 4) is 6.07 Å². The Bertz CT molecular complexity index is 488. The number of rotatable bonds is 3. The summed E-state index contributed by atoms with van der Waals surface area (Å²) >= 11 is 0. The van der Waals surface area contributed by atoms with Gasteiger partial charge in [-0.2, -0.15) is 5.26 Å². The van der Waals surface area contributed by atoms with Crippen LogP contribution in [-0.2, 0) is 17.3 Å². The number of halogens is 1. The predicted octanol–water partition coefficient (Wildman–Crippen LogP) is 1.70. The summed E-state index contributed by atoms with van der Waals surface area (Å²) in [4.78, 5) is 0. The third-order valence-corrected chi connectivity index (χ3v) is 4.52. The predicted molar refractivity (Wildman–Crippen MR) is 68.9 cm³/mol. The number of nitrogens with one attached hydrogen (secondary N) is 1. The molecule has 1 aliphatic rings. The van der Waals surface area contributed by atoms with Gasteiger partial charge in [0.2, 0.25) is 0 Å². The molecule has 96 valence electrons. The summed E-state index contributed by atoms with van der Waals surface area (Å²) < 4.78 is 24.3. The summed E-state index contributed by atoms with van der Waals surface area (Å²) in [5.41, 5.74) is 0.985. The van der Waals surface area contributed by atoms with Gasteiger partial charge in [0.25, 0.3) is 0 Å². The van der Waals surface area contributed by atoms with Crippen molar-refractivity contribution in [2.75, 3.05) is 11.5 Å². The average molecular weight is 266 g/mol. The Morgan fingerprint density at radius 2 is 2.17 bits per heavy atom. The SMILES string of the molecule is N#Cc1cc(CNC2CCS(=O)CC2)ccc1F. The van der Waals surface area contributed by atoms with Gasteiger partial charge in [-0.3, -0.25) is 4.21 Å². The second-order valence-corrected chi connectivity index (χ2v) is 6.13. The molecule has 1 aromatic carbocycles. The Kier molecular flexibility index (Phi) is 4.45. The van der Waals surface area contributed by atoms with Gasteiger partial charge >= 0.3 is 0 Å². The topological polar surface area (TPSA) is 52.9 Å². The van der Waals surface area contributed by atoms with Gasteiger partial charge in [0.1, 0.15) is 11.9 Å². The first kappa shape index (κ1) is 13.2. The molecule has 0 aromatic heterocycles. The highest BCUT2D eigenvalue weighted by atomic mass is 32.2. The Balaban J connectivity index is 1.90. The molecule has 1 aromatic rings. The lowest BCUT2D eigenvalue weighted by molar-refractivity contribution is 0.475. The number of hydrogen-bond donors (Lipinski definition) is 1. The average Bonchev–Trinajstić information content (AvgIpc) is 2.39. The van der Waals surface area contributed by atoms with Crippen LogP contribution in [0.3, 0.4) is 0 Å². The van der Waals surface area contributed by atoms with Crippen LogP contribution >= 0.6 is 0 Å². The van der Waals surface area contributed by atoms with Crippen LogP contribution in [-0.4, -0.2) is 21.8 Å². The Hall–Kier alpha value is -1.25. The molecule has 2 rings (SSSR count). The van der Waals surface area contributed by atoms with Gasteiger partial charge in [0.15, 0.2) is 0 Å². The maximum atomic E-state index is 13.1. The molecule has 0 spiro atoms. The van der Waals surface area contributed by atoms with Crippen LogP contribution in [0, 0.1) is 17.1 Å². The van der Waals surface area contributed by atoms with Crippen LogP contribution in [0.5, 0.6) is 0 Å². The van der Waals surface area contributed by atoms with E-state index in [1.165, 1.54) is 6.07 Å². The van der Waals surface area contributed by atoms with E-state index in [0.29, 0.717) is 12.6 Å². The van der Waals surface area contributed by atoms with Gasteiger partial charge in [-0.25, -0.2) is 4.39 Å². The zero-order valence-corrected chi connectivity index (χ0v) is 10.8. The van der Waals surface area contributed by atoms with Gasteiger partial charge in [-0.05, 0) is 30.5 Å². The first-order chi connectivity index (χ1) is 8.69. The Morgan fingerprint density at radius 3 is 2.83 bits per heavy atom. The largest absolute Gasteiger partial charge is 0.310 e. The van der Waals surface area contributed by atoms with Crippen LogP contribution in [0.4, 0.5) is 4.39 Å². The highest BCUT2D eigenvalue weighted by molar-refractivity contribution is 7.85. The van der Waals surface area contributed by atoms with Crippen molar-refractivity contribution < 1.29 is 8.60 Å². The highest BCUT2D eigenvalue weighted by Gasteiger charge is 2.17. The second-order valence-electron chi connectivity index (χ2n) is 4.43. The van der Waals surface area contributed by atoms with Crippen LogP contribution in [0.15, 0.2) is 18.2 Å². The van der Waals surface area contributed by atoms with E-state index < -0.39 is 16.6 Å². The smallest absolute Gasteiger partial charge is 0.140 e. The maximum absolute atomic E-state index is 13.1. The van der Waals surface area contributed by atoms with E-state index in [-0.39, 0.29) is 5.56 Å². The van der Waals surface area contributed by atoms with E-state index in [1.54, 1.807) is 12.1 Å². The molecule has 1 N–H and O–H groups in total. The summed E-state index contributed by atoms with van der Waals surface area (Å²) in [7, 11) is -0.650. The Labute approximate surface area is 108 Å². The number of hydrogen-bond acceptors (Lipinski definition) is 3. The minimum absolute atomic E-state index is 0.0825. The fraction of sp³-hybridized carbons (Fsp3) is 0.462. The van der Waals surface area contributed by atoms with Gasteiger partial charge in [0.05, 0.1) is 5.56 Å². The minimum Gasteiger partial charge on any atom is -0.310 e. The van der Waals surface area contributed by atoms with Crippen molar-refractivity contribution in [3.63, 3.8) is 0 Å². The number of nitriles is 1. The van der Waals surface area contributed by atoms with Crippen LogP contribution < -0.4 is 5.32 Å². The third kappa shape index (κ3) is 3.37. The zero-order valence-electron chi connectivity index (χ0n) is 9.99. The van der Waals surface area contributed by atoms with Crippen molar-refractivity contribution in [3.05, 3.63) is 35.1 Å². The summed E-state index contributed by atoms with van der Waals surface area (Å²) in [5.74, 6) is 1.03. The standard InChI is InChI=1S/C13H15FN2OS/c14-13-2-1-10(7-11(13)8-15)9-16-12-3-5-18(17)6-4-12/h1-2,7,12,16H,3-6,9H2. The van der Waals surface area contributed by atoms with Gasteiger partial charge in [-0.1, -0.05) is 6.07 Å². The zero-order chi connectivity index (χ0) is 13.0. The molecule has 18 heavy (non-hydrogen) atoms. The fourth-order valence-electron chi connectivity index (χ4n) is 2.03. The molecule has 0 amide bonds. The molecule has 0 aliphatic carbocycles. The van der Waals surface area contributed by atoms with Crippen molar-refractivity contribution in [1.29, 1.82) is 5.26 Å². The van der Waals surface area contributed by atoms with Gasteiger partial charge in [0, 0.05) is 34.9 Å². The second kappa shape index (κ2) is 6.07. The van der Waals surface area contributed by atoms with Crippen molar-refractivity contribution in [2.45, 2.75) is 25.4 Å². The third-order valence-electron chi connectivity index (χ3n) is 3.13. The number of nitrogens with zero attached hydrogens (tertiary/aromatic N) is 1. The normalized spacial score (nSPS) is 23.6. The lowest BCUT2D eigenvalue weighted by atomic mass is 10.1. The van der Waals surface area contributed by atoms with Crippen molar-refractivity contribution in [2.24, 2.45) is 0 Å². The van der Waals surface area contributed by atoms with Crippen LogP contribution in [0.1, 0.15) is 24.0 Å². The molecule has 3 nitrogen and oxygen atoms in total. The monoisotopic (exact) mass is 266 g/mol. The van der Waals surface area contributed by atoms with Crippen molar-refractivity contribution in [1.82, 2.24) is 5.32 Å². The quantitative estimate of drug-likeness (QED) is 0.906. The van der Waals surface area contributed by atoms with Gasteiger partial charge < -0.3 is 5.32 Å². The van der Waals surface area contributed by atoms with E-state index in [2.05, 4.69) is 5.32 Å². The van der Waals surface area contributed by atoms with E-state index in [1.807, 2.05) is 6.07 Å². The fourth-order valence-corrected chi connectivity index (χ4v) is 3.33. The lowest BCUT2D eigenvalue weighted by Crippen LogP contribution is -2.35. The molecule has 1 heterocycles. The molecule has 0 bridgehead atoms.